The van der Waals surface area contributed by atoms with E-state index in [1.165, 1.54) is 0 Å². The van der Waals surface area contributed by atoms with Crippen molar-refractivity contribution in [3.05, 3.63) is 29.8 Å². The largest absolute Gasteiger partial charge is 0.445 e. The van der Waals surface area contributed by atoms with Gasteiger partial charge in [-0.25, -0.2) is 4.79 Å². The average molecular weight is 222 g/mol. The van der Waals surface area contributed by atoms with Crippen LogP contribution in [0.15, 0.2) is 24.3 Å². The van der Waals surface area contributed by atoms with Gasteiger partial charge in [0.15, 0.2) is 0 Å². The number of nitrogens with two attached hydrogens (primary N) is 1. The van der Waals surface area contributed by atoms with Crippen molar-refractivity contribution in [2.45, 2.75) is 32.9 Å². The highest BCUT2D eigenvalue weighted by atomic mass is 16.5. The standard InChI is InChI=1S/C12H18N2O2/c1-12(2,3)14-11(15)16-8-9-6-4-5-7-10(9)13/h4-7H,8,13H2,1-3H3,(H,14,15). The molecule has 0 aliphatic rings. The number of nitrogen functional groups attached to an aromatic ring is 1. The molecular formula is C12H18N2O2. The molecule has 0 saturated carbocycles. The van der Waals surface area contributed by atoms with Crippen molar-refractivity contribution in [3.63, 3.8) is 0 Å². The Labute approximate surface area is 95.8 Å². The third kappa shape index (κ3) is 4.21. The third-order valence-corrected chi connectivity index (χ3v) is 1.89. The molecule has 0 aliphatic heterocycles. The topological polar surface area (TPSA) is 64.3 Å². The van der Waals surface area contributed by atoms with Crippen molar-refractivity contribution in [1.82, 2.24) is 5.32 Å². The molecule has 0 aromatic heterocycles. The summed E-state index contributed by atoms with van der Waals surface area (Å²) in [6.45, 7) is 5.87. The molecule has 1 aromatic carbocycles. The minimum Gasteiger partial charge on any atom is -0.445 e. The van der Waals surface area contributed by atoms with Crippen molar-refractivity contribution < 1.29 is 9.53 Å². The van der Waals surface area contributed by atoms with Crippen molar-refractivity contribution in [1.29, 1.82) is 0 Å². The lowest BCUT2D eigenvalue weighted by Gasteiger charge is -2.20. The molecule has 0 fully saturated rings. The van der Waals surface area contributed by atoms with Gasteiger partial charge >= 0.3 is 6.09 Å². The maximum absolute atomic E-state index is 11.4. The second kappa shape index (κ2) is 4.88. The van der Waals surface area contributed by atoms with E-state index >= 15 is 0 Å². The van der Waals surface area contributed by atoms with Crippen LogP contribution in [0.4, 0.5) is 10.5 Å². The second-order valence-electron chi connectivity index (χ2n) is 4.65. The van der Waals surface area contributed by atoms with Crippen LogP contribution in [-0.2, 0) is 11.3 Å². The third-order valence-electron chi connectivity index (χ3n) is 1.89. The van der Waals surface area contributed by atoms with E-state index in [4.69, 9.17) is 10.5 Å². The van der Waals surface area contributed by atoms with Gasteiger partial charge in [-0.2, -0.15) is 0 Å². The molecule has 4 nitrogen and oxygen atoms in total. The van der Waals surface area contributed by atoms with Crippen molar-refractivity contribution in [3.8, 4) is 0 Å². The first-order valence-electron chi connectivity index (χ1n) is 5.17. The number of carbonyl (C=O) groups is 1. The fourth-order valence-electron chi connectivity index (χ4n) is 1.15. The van der Waals surface area contributed by atoms with E-state index in [9.17, 15) is 4.79 Å². The zero-order chi connectivity index (χ0) is 12.2. The number of alkyl carbamates (subject to hydrolysis) is 1. The Morgan fingerprint density at radius 1 is 1.38 bits per heavy atom. The van der Waals surface area contributed by atoms with Gasteiger partial charge in [0.05, 0.1) is 0 Å². The van der Waals surface area contributed by atoms with Crippen molar-refractivity contribution >= 4 is 11.8 Å². The first-order chi connectivity index (χ1) is 7.38. The molecule has 0 spiro atoms. The van der Waals surface area contributed by atoms with Gasteiger partial charge in [0.1, 0.15) is 6.61 Å². The van der Waals surface area contributed by atoms with E-state index in [1.807, 2.05) is 39.0 Å². The number of benzene rings is 1. The van der Waals surface area contributed by atoms with E-state index in [1.54, 1.807) is 6.07 Å². The molecule has 4 heteroatoms. The van der Waals surface area contributed by atoms with E-state index in [2.05, 4.69) is 5.32 Å². The Kier molecular flexibility index (Phi) is 3.77. The summed E-state index contributed by atoms with van der Waals surface area (Å²) in [6, 6.07) is 7.31. The molecule has 1 aromatic rings. The van der Waals surface area contributed by atoms with Gasteiger partial charge in [-0.1, -0.05) is 18.2 Å². The van der Waals surface area contributed by atoms with Gasteiger partial charge in [-0.15, -0.1) is 0 Å². The lowest BCUT2D eigenvalue weighted by atomic mass is 10.1. The summed E-state index contributed by atoms with van der Waals surface area (Å²) in [7, 11) is 0. The van der Waals surface area contributed by atoms with Crippen LogP contribution in [0.5, 0.6) is 0 Å². The van der Waals surface area contributed by atoms with Crippen LogP contribution in [0.25, 0.3) is 0 Å². The predicted octanol–water partition coefficient (Wildman–Crippen LogP) is 2.29. The summed E-state index contributed by atoms with van der Waals surface area (Å²) in [6.07, 6.45) is -0.434. The van der Waals surface area contributed by atoms with Crippen molar-refractivity contribution in [2.24, 2.45) is 0 Å². The van der Waals surface area contributed by atoms with Crippen LogP contribution in [0.3, 0.4) is 0 Å². The maximum atomic E-state index is 11.4. The monoisotopic (exact) mass is 222 g/mol. The Bertz CT molecular complexity index is 370. The number of para-hydroxylation sites is 1. The van der Waals surface area contributed by atoms with Gasteiger partial charge in [-0.05, 0) is 26.8 Å². The van der Waals surface area contributed by atoms with E-state index in [0.29, 0.717) is 5.69 Å². The Morgan fingerprint density at radius 2 is 2.00 bits per heavy atom. The van der Waals surface area contributed by atoms with Gasteiger partial charge in [0.25, 0.3) is 0 Å². The molecule has 0 radical (unpaired) electrons. The molecule has 88 valence electrons. The number of carbonyl (C=O) groups excluding carboxylic acids is 1. The maximum Gasteiger partial charge on any atom is 0.407 e. The highest BCUT2D eigenvalue weighted by Crippen LogP contribution is 2.11. The fraction of sp³-hybridized carbons (Fsp3) is 0.417. The van der Waals surface area contributed by atoms with Crippen LogP contribution < -0.4 is 11.1 Å². The summed E-state index contributed by atoms with van der Waals surface area (Å²) < 4.78 is 5.05. The lowest BCUT2D eigenvalue weighted by molar-refractivity contribution is 0.131. The summed E-state index contributed by atoms with van der Waals surface area (Å²) in [5, 5.41) is 2.71. The van der Waals surface area contributed by atoms with E-state index < -0.39 is 6.09 Å². The number of hydrogen-bond acceptors (Lipinski definition) is 3. The minimum atomic E-state index is -0.434. The quantitative estimate of drug-likeness (QED) is 0.754. The molecule has 0 aliphatic carbocycles. The second-order valence-corrected chi connectivity index (χ2v) is 4.65. The number of rotatable bonds is 2. The molecule has 16 heavy (non-hydrogen) atoms. The van der Waals surface area contributed by atoms with Gasteiger partial charge in [0, 0.05) is 16.8 Å². The fourth-order valence-corrected chi connectivity index (χ4v) is 1.15. The summed E-state index contributed by atoms with van der Waals surface area (Å²) >= 11 is 0. The molecule has 0 bridgehead atoms. The normalized spacial score (nSPS) is 10.9. The highest BCUT2D eigenvalue weighted by Gasteiger charge is 2.14. The number of ether oxygens (including phenoxy) is 1. The average Bonchev–Trinajstić information content (AvgIpc) is 2.14. The SMILES string of the molecule is CC(C)(C)NC(=O)OCc1ccccc1N. The predicted molar refractivity (Wildman–Crippen MR) is 63.9 cm³/mol. The molecule has 1 amide bonds. The number of amides is 1. The van der Waals surface area contributed by atoms with Crippen molar-refractivity contribution in [2.75, 3.05) is 5.73 Å². The molecule has 0 heterocycles. The number of nitrogens with one attached hydrogen (secondary N) is 1. The summed E-state index contributed by atoms with van der Waals surface area (Å²) in [5.41, 5.74) is 6.87. The first-order valence-corrected chi connectivity index (χ1v) is 5.17. The van der Waals surface area contributed by atoms with Crippen LogP contribution >= 0.6 is 0 Å². The van der Waals surface area contributed by atoms with E-state index in [0.717, 1.165) is 5.56 Å². The Morgan fingerprint density at radius 3 is 2.56 bits per heavy atom. The smallest absolute Gasteiger partial charge is 0.407 e. The van der Waals surface area contributed by atoms with Gasteiger partial charge in [-0.3, -0.25) is 0 Å². The van der Waals surface area contributed by atoms with Crippen LogP contribution in [0.1, 0.15) is 26.3 Å². The molecule has 1 rings (SSSR count). The number of hydrogen-bond donors (Lipinski definition) is 2. The molecular weight excluding hydrogens is 204 g/mol. The molecule has 0 unspecified atom stereocenters. The number of anilines is 1. The Hall–Kier alpha value is -1.71. The Balaban J connectivity index is 2.47. The molecule has 0 atom stereocenters. The van der Waals surface area contributed by atoms with Crippen LogP contribution in [0.2, 0.25) is 0 Å². The van der Waals surface area contributed by atoms with Gasteiger partial charge in [0.2, 0.25) is 0 Å². The lowest BCUT2D eigenvalue weighted by Crippen LogP contribution is -2.40. The van der Waals surface area contributed by atoms with Gasteiger partial charge < -0.3 is 15.8 Å². The zero-order valence-corrected chi connectivity index (χ0v) is 9.91. The highest BCUT2D eigenvalue weighted by molar-refractivity contribution is 5.68. The zero-order valence-electron chi connectivity index (χ0n) is 9.91. The first kappa shape index (κ1) is 12.4. The molecule has 0 saturated heterocycles. The minimum absolute atomic E-state index is 0.189. The molecule has 3 N–H and O–H groups in total. The summed E-state index contributed by atoms with van der Waals surface area (Å²) in [5.74, 6) is 0. The van der Waals surface area contributed by atoms with Crippen LogP contribution in [0, 0.1) is 0 Å². The van der Waals surface area contributed by atoms with E-state index in [-0.39, 0.29) is 12.1 Å². The van der Waals surface area contributed by atoms with Crippen LogP contribution in [-0.4, -0.2) is 11.6 Å². The summed E-state index contributed by atoms with van der Waals surface area (Å²) in [4.78, 5) is 11.4.